The van der Waals surface area contributed by atoms with Crippen molar-refractivity contribution in [1.82, 2.24) is 15.1 Å². The summed E-state index contributed by atoms with van der Waals surface area (Å²) in [6.45, 7) is 1.89. The minimum atomic E-state index is -0.124. The summed E-state index contributed by atoms with van der Waals surface area (Å²) >= 11 is 5.90. The molecule has 2 heterocycles. The van der Waals surface area contributed by atoms with Gasteiger partial charge in [0, 0.05) is 23.9 Å². The molecule has 0 bridgehead atoms. The third kappa shape index (κ3) is 3.76. The van der Waals surface area contributed by atoms with Crippen LogP contribution in [-0.2, 0) is 9.59 Å². The first-order chi connectivity index (χ1) is 11.5. The van der Waals surface area contributed by atoms with E-state index in [0.29, 0.717) is 17.1 Å². The van der Waals surface area contributed by atoms with Crippen molar-refractivity contribution < 1.29 is 9.59 Å². The first-order valence-corrected chi connectivity index (χ1v) is 8.30. The van der Waals surface area contributed by atoms with Crippen LogP contribution in [-0.4, -0.2) is 27.6 Å². The van der Waals surface area contributed by atoms with Crippen LogP contribution < -0.4 is 10.6 Å². The Morgan fingerprint density at radius 3 is 2.88 bits per heavy atom. The molecule has 1 fully saturated rings. The van der Waals surface area contributed by atoms with Crippen LogP contribution in [0.2, 0.25) is 5.02 Å². The van der Waals surface area contributed by atoms with Crippen molar-refractivity contribution in [1.29, 1.82) is 0 Å². The van der Waals surface area contributed by atoms with Crippen LogP contribution >= 0.6 is 11.6 Å². The number of halogens is 1. The predicted molar refractivity (Wildman–Crippen MR) is 92.3 cm³/mol. The van der Waals surface area contributed by atoms with Crippen molar-refractivity contribution in [3.8, 4) is 5.69 Å². The first-order valence-electron chi connectivity index (χ1n) is 7.92. The zero-order valence-electron chi connectivity index (χ0n) is 13.4. The number of nitrogens with zero attached hydrogens (tertiary/aromatic N) is 2. The second kappa shape index (κ2) is 7.05. The van der Waals surface area contributed by atoms with Crippen LogP contribution in [0.3, 0.4) is 0 Å². The van der Waals surface area contributed by atoms with Crippen LogP contribution in [0.1, 0.15) is 31.4 Å². The SMILES string of the molecule is Cc1c(NC(=O)CC2CCCC(=O)N2)cnn1-c1ccc(Cl)cc1. The van der Waals surface area contributed by atoms with E-state index >= 15 is 0 Å². The number of hydrogen-bond donors (Lipinski definition) is 2. The average molecular weight is 347 g/mol. The zero-order chi connectivity index (χ0) is 17.1. The lowest BCUT2D eigenvalue weighted by Gasteiger charge is -2.22. The highest BCUT2D eigenvalue weighted by Crippen LogP contribution is 2.20. The van der Waals surface area contributed by atoms with Gasteiger partial charge in [-0.15, -0.1) is 0 Å². The van der Waals surface area contributed by atoms with Gasteiger partial charge in [-0.1, -0.05) is 11.6 Å². The fraction of sp³-hybridized carbons (Fsp3) is 0.353. The van der Waals surface area contributed by atoms with Crippen molar-refractivity contribution in [3.05, 3.63) is 41.2 Å². The maximum absolute atomic E-state index is 12.2. The summed E-state index contributed by atoms with van der Waals surface area (Å²) in [6, 6.07) is 7.24. The minimum Gasteiger partial charge on any atom is -0.353 e. The van der Waals surface area contributed by atoms with Crippen molar-refractivity contribution in [2.24, 2.45) is 0 Å². The monoisotopic (exact) mass is 346 g/mol. The molecule has 2 aromatic rings. The number of hydrogen-bond acceptors (Lipinski definition) is 3. The van der Waals surface area contributed by atoms with E-state index in [-0.39, 0.29) is 24.3 Å². The quantitative estimate of drug-likeness (QED) is 0.893. The van der Waals surface area contributed by atoms with Crippen LogP contribution in [0.4, 0.5) is 5.69 Å². The van der Waals surface area contributed by atoms with Gasteiger partial charge in [-0.25, -0.2) is 4.68 Å². The lowest BCUT2D eigenvalue weighted by Crippen LogP contribution is -2.40. The summed E-state index contributed by atoms with van der Waals surface area (Å²) in [4.78, 5) is 23.6. The molecule has 0 saturated carbocycles. The molecule has 126 valence electrons. The molecule has 1 aliphatic rings. The maximum atomic E-state index is 12.2. The van der Waals surface area contributed by atoms with Crippen molar-refractivity contribution >= 4 is 29.1 Å². The van der Waals surface area contributed by atoms with Gasteiger partial charge in [0.2, 0.25) is 11.8 Å². The molecule has 0 spiro atoms. The molecule has 0 radical (unpaired) electrons. The third-order valence-corrected chi connectivity index (χ3v) is 4.36. The normalized spacial score (nSPS) is 17.4. The Hall–Kier alpha value is -2.34. The third-order valence-electron chi connectivity index (χ3n) is 4.11. The van der Waals surface area contributed by atoms with Crippen LogP contribution in [0, 0.1) is 6.92 Å². The van der Waals surface area contributed by atoms with Crippen LogP contribution in [0.15, 0.2) is 30.5 Å². The van der Waals surface area contributed by atoms with Gasteiger partial charge in [0.05, 0.1) is 23.3 Å². The summed E-state index contributed by atoms with van der Waals surface area (Å²) in [6.07, 6.45) is 4.11. The fourth-order valence-electron chi connectivity index (χ4n) is 2.83. The molecule has 3 rings (SSSR count). The topological polar surface area (TPSA) is 76.0 Å². The van der Waals surface area contributed by atoms with Gasteiger partial charge in [-0.05, 0) is 44.0 Å². The number of piperidine rings is 1. The summed E-state index contributed by atoms with van der Waals surface area (Å²) in [7, 11) is 0. The molecule has 1 atom stereocenters. The van der Waals surface area contributed by atoms with E-state index in [0.717, 1.165) is 24.2 Å². The minimum absolute atomic E-state index is 0.0192. The highest BCUT2D eigenvalue weighted by Gasteiger charge is 2.21. The molecule has 2 N–H and O–H groups in total. The number of anilines is 1. The molecule has 6 nitrogen and oxygen atoms in total. The smallest absolute Gasteiger partial charge is 0.226 e. The summed E-state index contributed by atoms with van der Waals surface area (Å²) < 4.78 is 1.74. The highest BCUT2D eigenvalue weighted by molar-refractivity contribution is 6.30. The van der Waals surface area contributed by atoms with E-state index < -0.39 is 0 Å². The number of benzene rings is 1. The summed E-state index contributed by atoms with van der Waals surface area (Å²) in [5.41, 5.74) is 2.37. The molecule has 1 aliphatic heterocycles. The lowest BCUT2D eigenvalue weighted by atomic mass is 10.0. The lowest BCUT2D eigenvalue weighted by molar-refractivity contribution is -0.124. The van der Waals surface area contributed by atoms with Crippen molar-refractivity contribution in [2.75, 3.05) is 5.32 Å². The van der Waals surface area contributed by atoms with E-state index in [9.17, 15) is 9.59 Å². The van der Waals surface area contributed by atoms with Crippen molar-refractivity contribution in [2.45, 2.75) is 38.6 Å². The largest absolute Gasteiger partial charge is 0.353 e. The van der Waals surface area contributed by atoms with Crippen LogP contribution in [0.5, 0.6) is 0 Å². The second-order valence-corrected chi connectivity index (χ2v) is 6.38. The predicted octanol–water partition coefficient (Wildman–Crippen LogP) is 2.83. The number of carbonyl (C=O) groups is 2. The molecule has 24 heavy (non-hydrogen) atoms. The number of aromatic nitrogens is 2. The van der Waals surface area contributed by atoms with Crippen molar-refractivity contribution in [3.63, 3.8) is 0 Å². The van der Waals surface area contributed by atoms with Gasteiger partial charge in [0.25, 0.3) is 0 Å². The molecule has 1 aromatic heterocycles. The zero-order valence-corrected chi connectivity index (χ0v) is 14.1. The van der Waals surface area contributed by atoms with E-state index in [1.807, 2.05) is 19.1 Å². The molecule has 2 amide bonds. The summed E-state index contributed by atoms with van der Waals surface area (Å²) in [5, 5.41) is 10.7. The number of amides is 2. The van der Waals surface area contributed by atoms with Gasteiger partial charge in [0.15, 0.2) is 0 Å². The summed E-state index contributed by atoms with van der Waals surface area (Å²) in [5.74, 6) is -0.105. The second-order valence-electron chi connectivity index (χ2n) is 5.94. The number of carbonyl (C=O) groups excluding carboxylic acids is 2. The molecular formula is C17H19ClN4O2. The fourth-order valence-corrected chi connectivity index (χ4v) is 2.96. The molecule has 1 aromatic carbocycles. The molecule has 0 aliphatic carbocycles. The van der Waals surface area contributed by atoms with Gasteiger partial charge in [0.1, 0.15) is 0 Å². The highest BCUT2D eigenvalue weighted by atomic mass is 35.5. The maximum Gasteiger partial charge on any atom is 0.226 e. The average Bonchev–Trinajstić information content (AvgIpc) is 2.89. The molecule has 7 heteroatoms. The van der Waals surface area contributed by atoms with E-state index in [1.165, 1.54) is 0 Å². The Bertz CT molecular complexity index is 754. The first kappa shape index (κ1) is 16.5. The molecular weight excluding hydrogens is 328 g/mol. The van der Waals surface area contributed by atoms with E-state index in [2.05, 4.69) is 15.7 Å². The Kier molecular flexibility index (Phi) is 4.85. The van der Waals surface area contributed by atoms with Gasteiger partial charge < -0.3 is 10.6 Å². The van der Waals surface area contributed by atoms with E-state index in [4.69, 9.17) is 11.6 Å². The number of nitrogens with one attached hydrogen (secondary N) is 2. The Morgan fingerprint density at radius 2 is 2.17 bits per heavy atom. The van der Waals surface area contributed by atoms with Crippen LogP contribution in [0.25, 0.3) is 5.69 Å². The number of rotatable bonds is 4. The van der Waals surface area contributed by atoms with Gasteiger partial charge in [-0.3, -0.25) is 9.59 Å². The van der Waals surface area contributed by atoms with Gasteiger partial charge >= 0.3 is 0 Å². The Balaban J connectivity index is 1.66. The molecule has 1 saturated heterocycles. The Labute approximate surface area is 145 Å². The standard InChI is InChI=1S/C17H19ClN4O2/c1-11-15(10-19-22(11)14-7-5-12(18)6-8-14)21-17(24)9-13-3-2-4-16(23)20-13/h5-8,10,13H,2-4,9H2,1H3,(H,20,23)(H,21,24). The van der Waals surface area contributed by atoms with E-state index in [1.54, 1.807) is 23.0 Å². The van der Waals surface area contributed by atoms with Gasteiger partial charge in [-0.2, -0.15) is 5.10 Å². The molecule has 1 unspecified atom stereocenters. The Morgan fingerprint density at radius 1 is 1.42 bits per heavy atom.